The van der Waals surface area contributed by atoms with E-state index in [0.29, 0.717) is 6.42 Å². The maximum Gasteiger partial charge on any atom is 0.249 e. The molecule has 0 aliphatic heterocycles. The van der Waals surface area contributed by atoms with E-state index in [1.165, 1.54) is 6.07 Å². The van der Waals surface area contributed by atoms with Crippen molar-refractivity contribution in [3.8, 4) is 0 Å². The van der Waals surface area contributed by atoms with Gasteiger partial charge in [-0.1, -0.05) is 12.1 Å². The van der Waals surface area contributed by atoms with E-state index >= 15 is 0 Å². The molecule has 0 fully saturated rings. The smallest absolute Gasteiger partial charge is 0.249 e. The van der Waals surface area contributed by atoms with Gasteiger partial charge in [-0.3, -0.25) is 9.59 Å². The third-order valence-electron chi connectivity index (χ3n) is 2.24. The van der Waals surface area contributed by atoms with E-state index in [1.54, 1.807) is 23.9 Å². The molecule has 86 valence electrons. The molecule has 0 heterocycles. The van der Waals surface area contributed by atoms with Crippen LogP contribution in [0.15, 0.2) is 18.2 Å². The second-order valence-electron chi connectivity index (χ2n) is 3.31. The monoisotopic (exact) mass is 238 g/mol. The van der Waals surface area contributed by atoms with Crippen molar-refractivity contribution in [3.63, 3.8) is 0 Å². The molecule has 1 rings (SSSR count). The van der Waals surface area contributed by atoms with Crippen molar-refractivity contribution in [2.45, 2.75) is 6.42 Å². The molecule has 2 amide bonds. The van der Waals surface area contributed by atoms with Gasteiger partial charge in [0.2, 0.25) is 11.8 Å². The van der Waals surface area contributed by atoms with Gasteiger partial charge in [-0.25, -0.2) is 0 Å². The number of rotatable bonds is 5. The molecule has 0 aliphatic rings. The molecule has 5 heteroatoms. The Morgan fingerprint density at radius 1 is 1.25 bits per heavy atom. The summed E-state index contributed by atoms with van der Waals surface area (Å²) in [6.45, 7) is 0. The maximum atomic E-state index is 11.3. The number of carbonyl (C=O) groups is 2. The van der Waals surface area contributed by atoms with Crippen molar-refractivity contribution in [1.82, 2.24) is 0 Å². The van der Waals surface area contributed by atoms with E-state index < -0.39 is 11.8 Å². The van der Waals surface area contributed by atoms with Gasteiger partial charge in [0.25, 0.3) is 0 Å². The fourth-order valence-corrected chi connectivity index (χ4v) is 1.94. The Hall–Kier alpha value is -1.49. The van der Waals surface area contributed by atoms with E-state index in [9.17, 15) is 9.59 Å². The number of aryl methyl sites for hydroxylation is 1. The first kappa shape index (κ1) is 12.6. The van der Waals surface area contributed by atoms with Crippen molar-refractivity contribution in [3.05, 3.63) is 34.9 Å². The summed E-state index contributed by atoms with van der Waals surface area (Å²) in [5.41, 5.74) is 11.7. The Balaban J connectivity index is 3.21. The molecule has 0 radical (unpaired) electrons. The van der Waals surface area contributed by atoms with Crippen LogP contribution in [0, 0.1) is 0 Å². The zero-order valence-electron chi connectivity index (χ0n) is 9.03. The quantitative estimate of drug-likeness (QED) is 0.795. The van der Waals surface area contributed by atoms with Crippen LogP contribution in [0.2, 0.25) is 0 Å². The molecule has 1 aromatic carbocycles. The first-order valence-corrected chi connectivity index (χ1v) is 6.17. The summed E-state index contributed by atoms with van der Waals surface area (Å²) in [5.74, 6) is -0.368. The number of amides is 2. The lowest BCUT2D eigenvalue weighted by Gasteiger charge is -2.09. The number of benzene rings is 1. The number of carbonyl (C=O) groups excluding carboxylic acids is 2. The van der Waals surface area contributed by atoms with E-state index in [1.807, 2.05) is 6.26 Å². The van der Waals surface area contributed by atoms with Crippen LogP contribution in [0.5, 0.6) is 0 Å². The van der Waals surface area contributed by atoms with E-state index in [0.717, 1.165) is 11.3 Å². The molecule has 1 aromatic rings. The fourth-order valence-electron chi connectivity index (χ4n) is 1.52. The average Bonchev–Trinajstić information content (AvgIpc) is 2.25. The summed E-state index contributed by atoms with van der Waals surface area (Å²) >= 11 is 1.66. The van der Waals surface area contributed by atoms with Gasteiger partial charge >= 0.3 is 0 Å². The molecule has 0 saturated carbocycles. The van der Waals surface area contributed by atoms with Gasteiger partial charge in [-0.2, -0.15) is 11.8 Å². The van der Waals surface area contributed by atoms with Crippen LogP contribution < -0.4 is 11.5 Å². The van der Waals surface area contributed by atoms with Crippen LogP contribution in [0.4, 0.5) is 0 Å². The number of primary amides is 2. The molecule has 0 spiro atoms. The normalized spacial score (nSPS) is 10.1. The topological polar surface area (TPSA) is 86.2 Å². The Morgan fingerprint density at radius 3 is 2.44 bits per heavy atom. The molecule has 0 aliphatic carbocycles. The number of hydrogen-bond acceptors (Lipinski definition) is 3. The predicted octanol–water partition coefficient (Wildman–Crippen LogP) is 0.790. The number of nitrogens with two attached hydrogens (primary N) is 2. The molecular formula is C11H14N2O2S. The van der Waals surface area contributed by atoms with E-state index in [-0.39, 0.29) is 11.1 Å². The molecule has 4 nitrogen and oxygen atoms in total. The molecule has 0 bridgehead atoms. The first-order valence-electron chi connectivity index (χ1n) is 4.78. The predicted molar refractivity (Wildman–Crippen MR) is 65.6 cm³/mol. The van der Waals surface area contributed by atoms with Gasteiger partial charge in [0.1, 0.15) is 0 Å². The molecule has 0 aromatic heterocycles. The standard InChI is InChI=1S/C11H14N2O2S/c1-16-6-5-7-3-2-4-8(10(12)14)9(7)11(13)15/h2-4H,5-6H2,1H3,(H2,12,14)(H2,13,15). The van der Waals surface area contributed by atoms with Gasteiger partial charge in [0, 0.05) is 0 Å². The SMILES string of the molecule is CSCCc1cccc(C(N)=O)c1C(N)=O. The zero-order valence-corrected chi connectivity index (χ0v) is 9.84. The van der Waals surface area contributed by atoms with Gasteiger partial charge < -0.3 is 11.5 Å². The van der Waals surface area contributed by atoms with Crippen LogP contribution >= 0.6 is 11.8 Å². The Labute approximate surface area is 98.4 Å². The largest absolute Gasteiger partial charge is 0.366 e. The van der Waals surface area contributed by atoms with Crippen LogP contribution in [0.25, 0.3) is 0 Å². The Kier molecular flexibility index (Phi) is 4.37. The minimum absolute atomic E-state index is 0.200. The van der Waals surface area contributed by atoms with Gasteiger partial charge in [0.15, 0.2) is 0 Å². The highest BCUT2D eigenvalue weighted by atomic mass is 32.2. The lowest BCUT2D eigenvalue weighted by atomic mass is 9.98. The zero-order chi connectivity index (χ0) is 12.1. The third-order valence-corrected chi connectivity index (χ3v) is 2.85. The lowest BCUT2D eigenvalue weighted by Crippen LogP contribution is -2.22. The van der Waals surface area contributed by atoms with Crippen LogP contribution in [0.1, 0.15) is 26.3 Å². The minimum Gasteiger partial charge on any atom is -0.366 e. The highest BCUT2D eigenvalue weighted by molar-refractivity contribution is 7.98. The highest BCUT2D eigenvalue weighted by Crippen LogP contribution is 2.16. The van der Waals surface area contributed by atoms with Crippen LogP contribution in [0.3, 0.4) is 0 Å². The molecule has 0 saturated heterocycles. The van der Waals surface area contributed by atoms with E-state index in [2.05, 4.69) is 0 Å². The molecular weight excluding hydrogens is 224 g/mol. The summed E-state index contributed by atoms with van der Waals surface area (Å²) in [7, 11) is 0. The second kappa shape index (κ2) is 5.55. The summed E-state index contributed by atoms with van der Waals surface area (Å²) in [4.78, 5) is 22.5. The minimum atomic E-state index is -0.625. The molecule has 0 atom stereocenters. The van der Waals surface area contributed by atoms with Crippen molar-refractivity contribution in [2.75, 3.05) is 12.0 Å². The van der Waals surface area contributed by atoms with E-state index in [4.69, 9.17) is 11.5 Å². The van der Waals surface area contributed by atoms with Crippen molar-refractivity contribution >= 4 is 23.6 Å². The third kappa shape index (κ3) is 2.76. The van der Waals surface area contributed by atoms with Gasteiger partial charge in [-0.05, 0) is 30.1 Å². The van der Waals surface area contributed by atoms with Crippen LogP contribution in [-0.2, 0) is 6.42 Å². The lowest BCUT2D eigenvalue weighted by molar-refractivity contribution is 0.0966. The highest BCUT2D eigenvalue weighted by Gasteiger charge is 2.16. The second-order valence-corrected chi connectivity index (χ2v) is 4.30. The summed E-state index contributed by atoms with van der Waals surface area (Å²) in [6, 6.07) is 5.02. The Morgan fingerprint density at radius 2 is 1.94 bits per heavy atom. The Bertz CT molecular complexity index is 418. The number of hydrogen-bond donors (Lipinski definition) is 2. The molecule has 16 heavy (non-hydrogen) atoms. The first-order chi connectivity index (χ1) is 7.57. The summed E-state index contributed by atoms with van der Waals surface area (Å²) in [6.07, 6.45) is 2.67. The van der Waals surface area contributed by atoms with Gasteiger partial charge in [0.05, 0.1) is 11.1 Å². The fraction of sp³-hybridized carbons (Fsp3) is 0.273. The molecule has 0 unspecified atom stereocenters. The van der Waals surface area contributed by atoms with Crippen molar-refractivity contribution in [1.29, 1.82) is 0 Å². The number of thioether (sulfide) groups is 1. The maximum absolute atomic E-state index is 11.3. The van der Waals surface area contributed by atoms with Crippen molar-refractivity contribution in [2.24, 2.45) is 11.5 Å². The average molecular weight is 238 g/mol. The summed E-state index contributed by atoms with van der Waals surface area (Å²) in [5, 5.41) is 0. The summed E-state index contributed by atoms with van der Waals surface area (Å²) < 4.78 is 0. The van der Waals surface area contributed by atoms with Crippen molar-refractivity contribution < 1.29 is 9.59 Å². The molecule has 4 N–H and O–H groups in total. The van der Waals surface area contributed by atoms with Gasteiger partial charge in [-0.15, -0.1) is 0 Å². The van der Waals surface area contributed by atoms with Crippen LogP contribution in [-0.4, -0.2) is 23.8 Å².